The number of carbonyl (C=O) groups is 1. The maximum absolute atomic E-state index is 12.0. The molecular weight excluding hydrogens is 292 g/mol. The van der Waals surface area contributed by atoms with Crippen molar-refractivity contribution in [1.82, 2.24) is 10.2 Å². The highest BCUT2D eigenvalue weighted by atomic mass is 32.2. The minimum Gasteiger partial charge on any atom is -0.399 e. The zero-order chi connectivity index (χ0) is 16.0. The van der Waals surface area contributed by atoms with Gasteiger partial charge in [-0.2, -0.15) is 0 Å². The van der Waals surface area contributed by atoms with Crippen LogP contribution in [0.2, 0.25) is 0 Å². The number of nitrogens with two attached hydrogens (primary N) is 1. The summed E-state index contributed by atoms with van der Waals surface area (Å²) in [7, 11) is 0.182. The number of aldehydes is 1. The van der Waals surface area contributed by atoms with Crippen LogP contribution in [0.4, 0.5) is 11.4 Å². The topological polar surface area (TPSA) is 95.7 Å². The van der Waals surface area contributed by atoms with Crippen molar-refractivity contribution in [2.75, 3.05) is 43.5 Å². The summed E-state index contributed by atoms with van der Waals surface area (Å²) in [5.74, 6) is 0. The molecule has 0 aromatic heterocycles. The van der Waals surface area contributed by atoms with Crippen molar-refractivity contribution in [3.63, 3.8) is 0 Å². The van der Waals surface area contributed by atoms with Gasteiger partial charge in [0.25, 0.3) is 0 Å². The number of carbonyl (C=O) groups excluding carboxylic acids is 1. The Morgan fingerprint density at radius 1 is 1.29 bits per heavy atom. The first-order valence-electron chi connectivity index (χ1n) is 6.44. The van der Waals surface area contributed by atoms with Crippen molar-refractivity contribution >= 4 is 27.7 Å². The van der Waals surface area contributed by atoms with Crippen LogP contribution in [0.25, 0.3) is 0 Å². The number of nitrogens with one attached hydrogen (secondary N) is 1. The van der Waals surface area contributed by atoms with Crippen molar-refractivity contribution < 1.29 is 13.2 Å². The van der Waals surface area contributed by atoms with Gasteiger partial charge < -0.3 is 10.6 Å². The molecule has 1 atom stereocenters. The SMILES string of the molecule is CN(C)CCNC(C=O)N(c1ccc(N)cc1)S(C)(=O)=O. The van der Waals surface area contributed by atoms with E-state index in [2.05, 4.69) is 5.32 Å². The Kier molecular flexibility index (Phi) is 6.13. The van der Waals surface area contributed by atoms with E-state index >= 15 is 0 Å². The average molecular weight is 314 g/mol. The summed E-state index contributed by atoms with van der Waals surface area (Å²) in [4.78, 5) is 13.2. The molecule has 3 N–H and O–H groups in total. The Hall–Kier alpha value is -1.64. The molecule has 0 saturated carbocycles. The largest absolute Gasteiger partial charge is 0.399 e. The Balaban J connectivity index is 3.00. The fourth-order valence-corrected chi connectivity index (χ4v) is 2.84. The summed E-state index contributed by atoms with van der Waals surface area (Å²) in [6.45, 7) is 1.17. The molecule has 0 aliphatic carbocycles. The van der Waals surface area contributed by atoms with Crippen molar-refractivity contribution in [2.45, 2.75) is 6.17 Å². The minimum atomic E-state index is -3.61. The second-order valence-electron chi connectivity index (χ2n) is 4.99. The molecule has 0 saturated heterocycles. The summed E-state index contributed by atoms with van der Waals surface area (Å²) in [6, 6.07) is 6.32. The maximum Gasteiger partial charge on any atom is 0.233 e. The second kappa shape index (κ2) is 7.39. The van der Waals surface area contributed by atoms with Crippen LogP contribution in [0.5, 0.6) is 0 Å². The van der Waals surface area contributed by atoms with Gasteiger partial charge in [-0.3, -0.25) is 10.1 Å². The predicted molar refractivity (Wildman–Crippen MR) is 84.6 cm³/mol. The summed E-state index contributed by atoms with van der Waals surface area (Å²) < 4.78 is 25.0. The van der Waals surface area contributed by atoms with Crippen LogP contribution in [0.15, 0.2) is 24.3 Å². The van der Waals surface area contributed by atoms with Crippen molar-refractivity contribution in [3.05, 3.63) is 24.3 Å². The molecule has 8 heteroatoms. The van der Waals surface area contributed by atoms with Gasteiger partial charge >= 0.3 is 0 Å². The van der Waals surface area contributed by atoms with E-state index in [1.54, 1.807) is 24.3 Å². The molecule has 1 aromatic carbocycles. The van der Waals surface area contributed by atoms with E-state index in [4.69, 9.17) is 5.73 Å². The van der Waals surface area contributed by atoms with Gasteiger partial charge in [0.1, 0.15) is 0 Å². The molecule has 0 radical (unpaired) electrons. The molecule has 1 rings (SSSR count). The van der Waals surface area contributed by atoms with E-state index in [0.717, 1.165) is 10.6 Å². The first kappa shape index (κ1) is 17.4. The van der Waals surface area contributed by atoms with Crippen LogP contribution in [-0.2, 0) is 14.8 Å². The minimum absolute atomic E-state index is 0.390. The number of nitrogens with zero attached hydrogens (tertiary/aromatic N) is 2. The average Bonchev–Trinajstić information content (AvgIpc) is 2.37. The van der Waals surface area contributed by atoms with Gasteiger partial charge in [-0.15, -0.1) is 0 Å². The molecule has 0 bridgehead atoms. The van der Waals surface area contributed by atoms with E-state index in [-0.39, 0.29) is 0 Å². The summed E-state index contributed by atoms with van der Waals surface area (Å²) >= 11 is 0. The van der Waals surface area contributed by atoms with Crippen LogP contribution in [-0.4, -0.2) is 59.2 Å². The highest BCUT2D eigenvalue weighted by Crippen LogP contribution is 2.20. The molecule has 0 aliphatic heterocycles. The fourth-order valence-electron chi connectivity index (χ4n) is 1.80. The third-order valence-electron chi connectivity index (χ3n) is 2.80. The lowest BCUT2D eigenvalue weighted by Crippen LogP contribution is -2.51. The first-order valence-corrected chi connectivity index (χ1v) is 8.29. The zero-order valence-corrected chi connectivity index (χ0v) is 13.3. The number of hydrogen-bond acceptors (Lipinski definition) is 6. The Bertz CT molecular complexity index is 557. The van der Waals surface area contributed by atoms with Crippen molar-refractivity contribution in [3.8, 4) is 0 Å². The molecular formula is C13H22N4O3S. The summed E-state index contributed by atoms with van der Waals surface area (Å²) in [6.07, 6.45) is 0.684. The molecule has 0 amide bonds. The quantitative estimate of drug-likeness (QED) is 0.389. The normalized spacial score (nSPS) is 13.1. The van der Waals surface area contributed by atoms with Crippen LogP contribution in [0, 0.1) is 0 Å². The van der Waals surface area contributed by atoms with Crippen LogP contribution in [0.1, 0.15) is 0 Å². The second-order valence-corrected chi connectivity index (χ2v) is 6.85. The number of rotatable bonds is 8. The van der Waals surface area contributed by atoms with Gasteiger partial charge in [-0.25, -0.2) is 12.7 Å². The zero-order valence-electron chi connectivity index (χ0n) is 12.5. The van der Waals surface area contributed by atoms with Gasteiger partial charge in [0.05, 0.1) is 11.9 Å². The third kappa shape index (κ3) is 5.33. The third-order valence-corrected chi connectivity index (χ3v) is 3.95. The van der Waals surface area contributed by atoms with Crippen LogP contribution in [0.3, 0.4) is 0 Å². The number of anilines is 2. The molecule has 0 heterocycles. The van der Waals surface area contributed by atoms with E-state index in [1.165, 1.54) is 0 Å². The van der Waals surface area contributed by atoms with Crippen LogP contribution >= 0.6 is 0 Å². The number of benzene rings is 1. The standard InChI is InChI=1S/C13H22N4O3S/c1-16(2)9-8-15-13(10-18)17(21(3,19)20)12-6-4-11(14)5-7-12/h4-7,10,13,15H,8-9,14H2,1-3H3. The molecule has 0 aliphatic rings. The van der Waals surface area contributed by atoms with E-state index in [1.807, 2.05) is 19.0 Å². The number of hydrogen-bond donors (Lipinski definition) is 2. The molecule has 7 nitrogen and oxygen atoms in total. The van der Waals surface area contributed by atoms with Crippen LogP contribution < -0.4 is 15.4 Å². The van der Waals surface area contributed by atoms with Gasteiger partial charge in [-0.1, -0.05) is 0 Å². The molecule has 0 spiro atoms. The monoisotopic (exact) mass is 314 g/mol. The lowest BCUT2D eigenvalue weighted by atomic mass is 10.3. The number of sulfonamides is 1. The molecule has 118 valence electrons. The molecule has 21 heavy (non-hydrogen) atoms. The van der Waals surface area contributed by atoms with Gasteiger partial charge in [0, 0.05) is 18.8 Å². The van der Waals surface area contributed by atoms with E-state index < -0.39 is 16.2 Å². The molecule has 1 aromatic rings. The Morgan fingerprint density at radius 2 is 1.86 bits per heavy atom. The van der Waals surface area contributed by atoms with Gasteiger partial charge in [-0.05, 0) is 38.4 Å². The Morgan fingerprint density at radius 3 is 2.29 bits per heavy atom. The highest BCUT2D eigenvalue weighted by molar-refractivity contribution is 7.92. The predicted octanol–water partition coefficient (Wildman–Crippen LogP) is -0.289. The Labute approximate surface area is 125 Å². The van der Waals surface area contributed by atoms with E-state index in [9.17, 15) is 13.2 Å². The lowest BCUT2D eigenvalue weighted by molar-refractivity contribution is -0.109. The van der Waals surface area contributed by atoms with Crippen molar-refractivity contribution in [2.24, 2.45) is 0 Å². The molecule has 1 unspecified atom stereocenters. The summed E-state index contributed by atoms with van der Waals surface area (Å²) in [5, 5.41) is 2.93. The maximum atomic E-state index is 12.0. The molecule has 0 fully saturated rings. The first-order chi connectivity index (χ1) is 9.75. The summed E-state index contributed by atoms with van der Waals surface area (Å²) in [5.41, 5.74) is 6.51. The smallest absolute Gasteiger partial charge is 0.233 e. The fraction of sp³-hybridized carbons (Fsp3) is 0.462. The lowest BCUT2D eigenvalue weighted by Gasteiger charge is -2.29. The van der Waals surface area contributed by atoms with Gasteiger partial charge in [0.2, 0.25) is 10.0 Å². The number of nitrogen functional groups attached to an aromatic ring is 1. The van der Waals surface area contributed by atoms with Gasteiger partial charge in [0.15, 0.2) is 12.5 Å². The number of likely N-dealkylation sites (N-methyl/N-ethyl adjacent to an activating group) is 1. The van der Waals surface area contributed by atoms with E-state index in [0.29, 0.717) is 30.8 Å². The van der Waals surface area contributed by atoms with Crippen molar-refractivity contribution in [1.29, 1.82) is 0 Å². The highest BCUT2D eigenvalue weighted by Gasteiger charge is 2.26.